The summed E-state index contributed by atoms with van der Waals surface area (Å²) in [4.78, 5) is 21.7. The fraction of sp³-hybridized carbons (Fsp3) is 0.824. The Labute approximate surface area is 137 Å². The van der Waals surface area contributed by atoms with Crippen LogP contribution in [0.3, 0.4) is 0 Å². The summed E-state index contributed by atoms with van der Waals surface area (Å²) in [5.41, 5.74) is 0. The smallest absolute Gasteiger partial charge is 0.240 e. The molecule has 1 amide bonds. The number of nitrogens with zero attached hydrogens (tertiary/aromatic N) is 4. The highest BCUT2D eigenvalue weighted by molar-refractivity contribution is 5.80. The molecular weight excluding hydrogens is 292 g/mol. The van der Waals surface area contributed by atoms with E-state index in [2.05, 4.69) is 33.8 Å². The van der Waals surface area contributed by atoms with Gasteiger partial charge in [0.25, 0.3) is 0 Å². The van der Waals surface area contributed by atoms with Crippen molar-refractivity contribution >= 4 is 5.91 Å². The van der Waals surface area contributed by atoms with E-state index in [1.807, 2.05) is 0 Å². The molecule has 126 valence electrons. The van der Waals surface area contributed by atoms with Crippen molar-refractivity contribution in [2.45, 2.75) is 58.0 Å². The zero-order valence-electron chi connectivity index (χ0n) is 14.1. The van der Waals surface area contributed by atoms with Crippen molar-refractivity contribution in [3.05, 3.63) is 11.7 Å². The number of rotatable bonds is 5. The Balaban J connectivity index is 1.45. The number of aromatic nitrogens is 2. The first-order valence-electron chi connectivity index (χ1n) is 8.95. The van der Waals surface area contributed by atoms with Gasteiger partial charge in [-0.25, -0.2) is 0 Å². The molecule has 6 heteroatoms. The maximum absolute atomic E-state index is 12.7. The second-order valence-corrected chi connectivity index (χ2v) is 7.76. The van der Waals surface area contributed by atoms with Gasteiger partial charge in [0.05, 0.1) is 12.5 Å². The lowest BCUT2D eigenvalue weighted by molar-refractivity contribution is -0.140. The van der Waals surface area contributed by atoms with Gasteiger partial charge in [0.2, 0.25) is 11.8 Å². The van der Waals surface area contributed by atoms with Crippen LogP contribution in [0, 0.1) is 11.8 Å². The van der Waals surface area contributed by atoms with Crippen molar-refractivity contribution in [2.24, 2.45) is 11.8 Å². The Morgan fingerprint density at radius 3 is 2.74 bits per heavy atom. The number of amides is 1. The summed E-state index contributed by atoms with van der Waals surface area (Å²) in [6.45, 7) is 7.54. The lowest BCUT2D eigenvalue weighted by atomic mass is 9.94. The fourth-order valence-electron chi connectivity index (χ4n) is 3.84. The molecule has 0 aromatic carbocycles. The van der Waals surface area contributed by atoms with Gasteiger partial charge in [0, 0.05) is 31.6 Å². The Bertz CT molecular complexity index is 581. The minimum atomic E-state index is 0.153. The predicted octanol–water partition coefficient (Wildman–Crippen LogP) is 2.03. The van der Waals surface area contributed by atoms with E-state index < -0.39 is 0 Å². The normalized spacial score (nSPS) is 28.7. The molecule has 23 heavy (non-hydrogen) atoms. The largest absolute Gasteiger partial charge is 0.338 e. The average Bonchev–Trinajstić information content (AvgIpc) is 3.26. The van der Waals surface area contributed by atoms with Gasteiger partial charge >= 0.3 is 0 Å². The van der Waals surface area contributed by atoms with E-state index in [-0.39, 0.29) is 11.8 Å². The lowest BCUT2D eigenvalue weighted by Crippen LogP contribution is -2.48. The van der Waals surface area contributed by atoms with Crippen LogP contribution in [-0.4, -0.2) is 51.5 Å². The molecule has 5 rings (SSSR count). The van der Waals surface area contributed by atoms with Crippen LogP contribution in [0.15, 0.2) is 4.52 Å². The average molecular weight is 318 g/mol. The molecule has 2 atom stereocenters. The molecule has 1 saturated carbocycles. The minimum Gasteiger partial charge on any atom is -0.338 e. The summed E-state index contributed by atoms with van der Waals surface area (Å²) in [5.74, 6) is 3.02. The van der Waals surface area contributed by atoms with Crippen LogP contribution in [-0.2, 0) is 11.3 Å². The monoisotopic (exact) mass is 318 g/mol. The van der Waals surface area contributed by atoms with Gasteiger partial charge in [-0.15, -0.1) is 0 Å². The van der Waals surface area contributed by atoms with Crippen LogP contribution < -0.4 is 0 Å². The molecule has 1 aliphatic carbocycles. The first kappa shape index (κ1) is 15.1. The van der Waals surface area contributed by atoms with Gasteiger partial charge < -0.3 is 9.42 Å². The quantitative estimate of drug-likeness (QED) is 0.831. The SMILES string of the molecule is CC(C)c1noc(CN2C[C@H]3CC[C@@H](C2)N(CC2CC2)C3=O)n1. The maximum atomic E-state index is 12.7. The van der Waals surface area contributed by atoms with Crippen molar-refractivity contribution in [3.8, 4) is 0 Å². The first-order valence-corrected chi connectivity index (χ1v) is 8.95. The number of hydrogen-bond acceptors (Lipinski definition) is 5. The molecule has 1 aromatic rings. The van der Waals surface area contributed by atoms with E-state index in [0.29, 0.717) is 24.4 Å². The molecule has 1 aromatic heterocycles. The third kappa shape index (κ3) is 3.13. The maximum Gasteiger partial charge on any atom is 0.240 e. The van der Waals surface area contributed by atoms with Crippen molar-refractivity contribution < 1.29 is 9.32 Å². The van der Waals surface area contributed by atoms with Crippen LogP contribution in [0.4, 0.5) is 0 Å². The first-order chi connectivity index (χ1) is 11.1. The van der Waals surface area contributed by atoms with Gasteiger partial charge in [-0.3, -0.25) is 9.69 Å². The predicted molar refractivity (Wildman–Crippen MR) is 84.6 cm³/mol. The number of fused-ring (bicyclic) bond motifs is 4. The number of piperidine rings is 1. The van der Waals surface area contributed by atoms with Crippen LogP contribution in [0.1, 0.15) is 57.2 Å². The second kappa shape index (κ2) is 5.89. The summed E-state index contributed by atoms with van der Waals surface area (Å²) in [6.07, 6.45) is 4.76. The van der Waals surface area contributed by atoms with Crippen molar-refractivity contribution in [1.29, 1.82) is 0 Å². The van der Waals surface area contributed by atoms with E-state index in [9.17, 15) is 4.79 Å². The molecule has 0 unspecified atom stereocenters. The van der Waals surface area contributed by atoms with E-state index in [0.717, 1.165) is 44.2 Å². The summed E-state index contributed by atoms with van der Waals surface area (Å²) in [6, 6.07) is 0.370. The van der Waals surface area contributed by atoms with Crippen LogP contribution in [0.25, 0.3) is 0 Å². The summed E-state index contributed by atoms with van der Waals surface area (Å²) in [7, 11) is 0. The van der Waals surface area contributed by atoms with E-state index in [4.69, 9.17) is 4.52 Å². The molecule has 3 saturated heterocycles. The van der Waals surface area contributed by atoms with Gasteiger partial charge in [-0.2, -0.15) is 4.98 Å². The molecule has 0 N–H and O–H groups in total. The second-order valence-electron chi connectivity index (χ2n) is 7.76. The fourth-order valence-corrected chi connectivity index (χ4v) is 3.84. The molecule has 2 bridgehead atoms. The Kier molecular flexibility index (Phi) is 3.87. The van der Waals surface area contributed by atoms with E-state index >= 15 is 0 Å². The molecule has 0 radical (unpaired) electrons. The highest BCUT2D eigenvalue weighted by Crippen LogP contribution is 2.35. The molecule has 6 nitrogen and oxygen atoms in total. The van der Waals surface area contributed by atoms with Gasteiger partial charge in [-0.1, -0.05) is 19.0 Å². The highest BCUT2D eigenvalue weighted by atomic mass is 16.5. The van der Waals surface area contributed by atoms with Crippen LogP contribution in [0.5, 0.6) is 0 Å². The zero-order chi connectivity index (χ0) is 16.0. The number of carbonyl (C=O) groups is 1. The van der Waals surface area contributed by atoms with E-state index in [1.165, 1.54) is 12.8 Å². The zero-order valence-corrected chi connectivity index (χ0v) is 14.1. The van der Waals surface area contributed by atoms with Gasteiger partial charge in [0.15, 0.2) is 5.82 Å². The summed E-state index contributed by atoms with van der Waals surface area (Å²) >= 11 is 0. The van der Waals surface area contributed by atoms with Crippen LogP contribution >= 0.6 is 0 Å². The number of carbonyl (C=O) groups excluding carboxylic acids is 1. The van der Waals surface area contributed by atoms with Crippen molar-refractivity contribution in [2.75, 3.05) is 19.6 Å². The Hall–Kier alpha value is -1.43. The topological polar surface area (TPSA) is 62.5 Å². The third-order valence-corrected chi connectivity index (χ3v) is 5.38. The lowest BCUT2D eigenvalue weighted by Gasteiger charge is -2.36. The van der Waals surface area contributed by atoms with Gasteiger partial charge in [0.1, 0.15) is 0 Å². The number of hydrogen-bond donors (Lipinski definition) is 0. The van der Waals surface area contributed by atoms with Gasteiger partial charge in [-0.05, 0) is 31.6 Å². The Morgan fingerprint density at radius 1 is 1.22 bits per heavy atom. The van der Waals surface area contributed by atoms with Crippen LogP contribution in [0.2, 0.25) is 0 Å². The van der Waals surface area contributed by atoms with E-state index in [1.54, 1.807) is 0 Å². The summed E-state index contributed by atoms with van der Waals surface area (Å²) < 4.78 is 5.39. The van der Waals surface area contributed by atoms with Crippen molar-refractivity contribution in [3.63, 3.8) is 0 Å². The minimum absolute atomic E-state index is 0.153. The Morgan fingerprint density at radius 2 is 2.04 bits per heavy atom. The molecule has 4 fully saturated rings. The van der Waals surface area contributed by atoms with Crippen molar-refractivity contribution in [1.82, 2.24) is 19.9 Å². The summed E-state index contributed by atoms with van der Waals surface area (Å²) in [5, 5.41) is 4.05. The molecule has 4 heterocycles. The molecule has 0 spiro atoms. The molecule has 4 aliphatic rings. The molecule has 3 aliphatic heterocycles. The molecular formula is C17H26N4O2. The standard InChI is InChI=1S/C17H26N4O2/c1-11(2)16-18-15(23-19-16)10-20-8-13-5-6-14(9-20)21(17(13)22)7-12-3-4-12/h11-14H,3-10H2,1-2H3/t13-,14+/m1/s1. The third-order valence-electron chi connectivity index (χ3n) is 5.38. The highest BCUT2D eigenvalue weighted by Gasteiger charge is 2.42.